The lowest BCUT2D eigenvalue weighted by atomic mass is 10.3. The van der Waals surface area contributed by atoms with Crippen LogP contribution in [0.15, 0.2) is 30.5 Å². The van der Waals surface area contributed by atoms with Crippen molar-refractivity contribution in [1.82, 2.24) is 10.3 Å². The van der Waals surface area contributed by atoms with Crippen LogP contribution in [-0.4, -0.2) is 17.5 Å². The van der Waals surface area contributed by atoms with E-state index in [0.29, 0.717) is 18.0 Å². The molecule has 1 aromatic carbocycles. The first kappa shape index (κ1) is 13.4. The summed E-state index contributed by atoms with van der Waals surface area (Å²) in [6.07, 6.45) is 1.76. The Labute approximate surface area is 115 Å². The van der Waals surface area contributed by atoms with Gasteiger partial charge in [0, 0.05) is 22.8 Å². The van der Waals surface area contributed by atoms with E-state index in [-0.39, 0.29) is 12.5 Å². The van der Waals surface area contributed by atoms with E-state index in [1.54, 1.807) is 41.8 Å². The van der Waals surface area contributed by atoms with Crippen molar-refractivity contribution < 1.29 is 9.53 Å². The van der Waals surface area contributed by atoms with Crippen LogP contribution < -0.4 is 15.8 Å². The fourth-order valence-corrected chi connectivity index (χ4v) is 2.21. The zero-order valence-corrected chi connectivity index (χ0v) is 11.4. The molecule has 100 valence electrons. The smallest absolute Gasteiger partial charge is 0.258 e. The molecule has 0 aliphatic rings. The van der Waals surface area contributed by atoms with Gasteiger partial charge in [-0.1, -0.05) is 6.07 Å². The molecule has 1 aromatic heterocycles. The van der Waals surface area contributed by atoms with E-state index in [1.807, 2.05) is 6.92 Å². The minimum absolute atomic E-state index is 0.0265. The number of aromatic nitrogens is 1. The molecule has 5 nitrogen and oxygen atoms in total. The third kappa shape index (κ3) is 4.26. The SMILES string of the molecule is Cc1ncc(CNC(=O)COc2cccc(N)c2)s1. The molecule has 3 N–H and O–H groups in total. The van der Waals surface area contributed by atoms with Gasteiger partial charge < -0.3 is 15.8 Å². The highest BCUT2D eigenvalue weighted by atomic mass is 32.1. The number of nitrogen functional groups attached to an aromatic ring is 1. The van der Waals surface area contributed by atoms with Crippen molar-refractivity contribution in [2.24, 2.45) is 0 Å². The van der Waals surface area contributed by atoms with Gasteiger partial charge in [0.2, 0.25) is 0 Å². The van der Waals surface area contributed by atoms with Crippen molar-refractivity contribution in [2.45, 2.75) is 13.5 Å². The van der Waals surface area contributed by atoms with Crippen molar-refractivity contribution in [2.75, 3.05) is 12.3 Å². The number of carbonyl (C=O) groups is 1. The van der Waals surface area contributed by atoms with E-state index in [1.165, 1.54) is 0 Å². The Morgan fingerprint density at radius 3 is 3.05 bits per heavy atom. The van der Waals surface area contributed by atoms with Gasteiger partial charge in [0.25, 0.3) is 5.91 Å². The first-order valence-corrected chi connectivity index (χ1v) is 6.61. The zero-order valence-electron chi connectivity index (χ0n) is 10.6. The van der Waals surface area contributed by atoms with Crippen LogP contribution in [0.4, 0.5) is 5.69 Å². The van der Waals surface area contributed by atoms with E-state index < -0.39 is 0 Å². The quantitative estimate of drug-likeness (QED) is 0.816. The molecule has 19 heavy (non-hydrogen) atoms. The standard InChI is InChI=1S/C13H15N3O2S/c1-9-15-6-12(19-9)7-16-13(17)8-18-11-4-2-3-10(14)5-11/h2-6H,7-8,14H2,1H3,(H,16,17). The van der Waals surface area contributed by atoms with E-state index in [2.05, 4.69) is 10.3 Å². The summed E-state index contributed by atoms with van der Waals surface area (Å²) in [6.45, 7) is 2.38. The molecule has 1 heterocycles. The maximum atomic E-state index is 11.6. The summed E-state index contributed by atoms with van der Waals surface area (Å²) in [4.78, 5) is 16.7. The molecule has 2 rings (SSSR count). The lowest BCUT2D eigenvalue weighted by Gasteiger charge is -2.07. The Kier molecular flexibility index (Phi) is 4.35. The molecule has 0 unspecified atom stereocenters. The number of nitrogens with one attached hydrogen (secondary N) is 1. The first-order chi connectivity index (χ1) is 9.13. The second-order valence-corrected chi connectivity index (χ2v) is 5.30. The molecule has 0 aliphatic carbocycles. The summed E-state index contributed by atoms with van der Waals surface area (Å²) in [7, 11) is 0. The normalized spacial score (nSPS) is 10.2. The van der Waals surface area contributed by atoms with E-state index in [0.717, 1.165) is 9.88 Å². The number of nitrogens with zero attached hydrogens (tertiary/aromatic N) is 1. The minimum Gasteiger partial charge on any atom is -0.484 e. The van der Waals surface area contributed by atoms with Crippen molar-refractivity contribution in [3.63, 3.8) is 0 Å². The van der Waals surface area contributed by atoms with Crippen LogP contribution in [0.25, 0.3) is 0 Å². The highest BCUT2D eigenvalue weighted by molar-refractivity contribution is 7.11. The molecule has 0 saturated heterocycles. The van der Waals surface area contributed by atoms with Crippen molar-refractivity contribution in [3.05, 3.63) is 40.3 Å². The number of aryl methyl sites for hydroxylation is 1. The Bertz CT molecular complexity index is 569. The third-order valence-electron chi connectivity index (χ3n) is 2.36. The summed E-state index contributed by atoms with van der Waals surface area (Å²) in [5.74, 6) is 0.414. The van der Waals surface area contributed by atoms with Crippen LogP contribution in [0.3, 0.4) is 0 Å². The molecule has 0 fully saturated rings. The van der Waals surface area contributed by atoms with Gasteiger partial charge in [0.1, 0.15) is 5.75 Å². The number of nitrogens with two attached hydrogens (primary N) is 1. The maximum Gasteiger partial charge on any atom is 0.258 e. The number of hydrogen-bond donors (Lipinski definition) is 2. The summed E-state index contributed by atoms with van der Waals surface area (Å²) in [6, 6.07) is 6.98. The predicted molar refractivity (Wildman–Crippen MR) is 75.0 cm³/mol. The number of thiazole rings is 1. The number of hydrogen-bond acceptors (Lipinski definition) is 5. The van der Waals surface area contributed by atoms with Crippen LogP contribution in [0.2, 0.25) is 0 Å². The summed E-state index contributed by atoms with van der Waals surface area (Å²) in [5.41, 5.74) is 6.23. The highest BCUT2D eigenvalue weighted by Crippen LogP contribution is 2.14. The fraction of sp³-hybridized carbons (Fsp3) is 0.231. The monoisotopic (exact) mass is 277 g/mol. The van der Waals surface area contributed by atoms with Gasteiger partial charge in [-0.2, -0.15) is 0 Å². The number of carbonyl (C=O) groups excluding carboxylic acids is 1. The Morgan fingerprint density at radius 2 is 2.37 bits per heavy atom. The topological polar surface area (TPSA) is 77.2 Å². The minimum atomic E-state index is -0.173. The van der Waals surface area contributed by atoms with Crippen LogP contribution in [0.5, 0.6) is 5.75 Å². The Hall–Kier alpha value is -2.08. The fourth-order valence-electron chi connectivity index (χ4n) is 1.48. The average molecular weight is 277 g/mol. The maximum absolute atomic E-state index is 11.6. The molecular formula is C13H15N3O2S. The molecule has 6 heteroatoms. The van der Waals surface area contributed by atoms with Gasteiger partial charge in [0.05, 0.1) is 11.6 Å². The van der Waals surface area contributed by atoms with Crippen LogP contribution in [-0.2, 0) is 11.3 Å². The van der Waals surface area contributed by atoms with Crippen molar-refractivity contribution in [1.29, 1.82) is 0 Å². The molecule has 1 amide bonds. The molecule has 0 saturated carbocycles. The van der Waals surface area contributed by atoms with Gasteiger partial charge in [-0.3, -0.25) is 4.79 Å². The Morgan fingerprint density at radius 1 is 1.53 bits per heavy atom. The summed E-state index contributed by atoms with van der Waals surface area (Å²) in [5, 5.41) is 3.76. The largest absolute Gasteiger partial charge is 0.484 e. The molecule has 0 radical (unpaired) electrons. The average Bonchev–Trinajstić information content (AvgIpc) is 2.80. The van der Waals surface area contributed by atoms with E-state index in [4.69, 9.17) is 10.5 Å². The Balaban J connectivity index is 1.75. The summed E-state index contributed by atoms with van der Waals surface area (Å²) >= 11 is 1.56. The number of ether oxygens (including phenoxy) is 1. The molecule has 0 aliphatic heterocycles. The molecule has 0 bridgehead atoms. The van der Waals surface area contributed by atoms with Gasteiger partial charge in [-0.05, 0) is 19.1 Å². The van der Waals surface area contributed by atoms with Crippen molar-refractivity contribution in [3.8, 4) is 5.75 Å². The predicted octanol–water partition coefficient (Wildman–Crippen LogP) is 1.73. The second-order valence-electron chi connectivity index (χ2n) is 3.98. The number of anilines is 1. The third-order valence-corrected chi connectivity index (χ3v) is 3.27. The lowest BCUT2D eigenvalue weighted by molar-refractivity contribution is -0.123. The number of benzene rings is 1. The van der Waals surface area contributed by atoms with E-state index in [9.17, 15) is 4.79 Å². The number of rotatable bonds is 5. The van der Waals surface area contributed by atoms with Crippen molar-refractivity contribution >= 4 is 22.9 Å². The van der Waals surface area contributed by atoms with Crippen LogP contribution in [0, 0.1) is 6.92 Å². The molecule has 0 spiro atoms. The van der Waals surface area contributed by atoms with Gasteiger partial charge in [0.15, 0.2) is 6.61 Å². The molecular weight excluding hydrogens is 262 g/mol. The van der Waals surface area contributed by atoms with Gasteiger partial charge in [-0.25, -0.2) is 4.98 Å². The van der Waals surface area contributed by atoms with Crippen LogP contribution >= 0.6 is 11.3 Å². The molecule has 2 aromatic rings. The van der Waals surface area contributed by atoms with Gasteiger partial charge >= 0.3 is 0 Å². The van der Waals surface area contributed by atoms with E-state index >= 15 is 0 Å². The number of amides is 1. The second kappa shape index (κ2) is 6.19. The first-order valence-electron chi connectivity index (χ1n) is 5.80. The highest BCUT2D eigenvalue weighted by Gasteiger charge is 2.04. The van der Waals surface area contributed by atoms with Crippen LogP contribution in [0.1, 0.15) is 9.88 Å². The van der Waals surface area contributed by atoms with Gasteiger partial charge in [-0.15, -0.1) is 11.3 Å². The summed E-state index contributed by atoms with van der Waals surface area (Å²) < 4.78 is 5.34. The zero-order chi connectivity index (χ0) is 13.7. The molecule has 0 atom stereocenters. The lowest BCUT2D eigenvalue weighted by Crippen LogP contribution is -2.28.